The van der Waals surface area contributed by atoms with Gasteiger partial charge in [0.15, 0.2) is 0 Å². The molecule has 0 atom stereocenters. The average Bonchev–Trinajstić information content (AvgIpc) is 2.57. The van der Waals surface area contributed by atoms with Crippen molar-refractivity contribution >= 4 is 38.4 Å². The fourth-order valence-electron chi connectivity index (χ4n) is 2.09. The number of hydrogen-bond donors (Lipinski definition) is 2. The normalized spacial score (nSPS) is 10.5. The van der Waals surface area contributed by atoms with Gasteiger partial charge in [-0.15, -0.1) is 0 Å². The third-order valence-corrected chi connectivity index (χ3v) is 3.76. The fourth-order valence-corrected chi connectivity index (χ4v) is 2.35. The number of hydrazine groups is 1. The molecule has 0 bridgehead atoms. The van der Waals surface area contributed by atoms with Gasteiger partial charge in [0.05, 0.1) is 22.9 Å². The Bertz CT molecular complexity index is 906. The Morgan fingerprint density at radius 1 is 1.13 bits per heavy atom. The van der Waals surface area contributed by atoms with E-state index in [9.17, 15) is 9.59 Å². The molecule has 7 heteroatoms. The summed E-state index contributed by atoms with van der Waals surface area (Å²) >= 11 is 3.34. The number of benzene rings is 2. The number of anilines is 1. The summed E-state index contributed by atoms with van der Waals surface area (Å²) in [5.41, 5.74) is 6.46. The molecular formula is C16H13BrN4O2. The van der Waals surface area contributed by atoms with Crippen LogP contribution in [0.3, 0.4) is 0 Å². The van der Waals surface area contributed by atoms with Crippen molar-refractivity contribution in [3.8, 4) is 0 Å². The van der Waals surface area contributed by atoms with Gasteiger partial charge in [0.1, 0.15) is 6.54 Å². The van der Waals surface area contributed by atoms with Gasteiger partial charge in [-0.25, -0.2) is 4.98 Å². The quantitative estimate of drug-likeness (QED) is 0.689. The lowest BCUT2D eigenvalue weighted by Crippen LogP contribution is -2.35. The number of para-hydroxylation sites is 1. The lowest BCUT2D eigenvalue weighted by Gasteiger charge is -2.10. The minimum absolute atomic E-state index is 0.111. The predicted octanol–water partition coefficient (Wildman–Crippen LogP) is 2.30. The zero-order valence-electron chi connectivity index (χ0n) is 12.0. The molecule has 0 saturated heterocycles. The minimum atomic E-state index is -0.341. The number of carbonyl (C=O) groups is 1. The van der Waals surface area contributed by atoms with Crippen LogP contribution < -0.4 is 16.4 Å². The maximum absolute atomic E-state index is 12.3. The second-order valence-corrected chi connectivity index (χ2v) is 5.79. The van der Waals surface area contributed by atoms with Crippen molar-refractivity contribution in [2.24, 2.45) is 0 Å². The van der Waals surface area contributed by atoms with E-state index in [1.54, 1.807) is 18.2 Å². The Labute approximate surface area is 140 Å². The first-order valence-electron chi connectivity index (χ1n) is 6.88. The van der Waals surface area contributed by atoms with Crippen LogP contribution in [0.2, 0.25) is 0 Å². The van der Waals surface area contributed by atoms with E-state index in [4.69, 9.17) is 0 Å². The molecule has 3 rings (SSSR count). The van der Waals surface area contributed by atoms with Crippen molar-refractivity contribution in [2.45, 2.75) is 6.54 Å². The molecule has 2 aromatic carbocycles. The summed E-state index contributed by atoms with van der Waals surface area (Å²) in [5.74, 6) is -0.341. The molecule has 116 valence electrons. The summed E-state index contributed by atoms with van der Waals surface area (Å²) in [4.78, 5) is 28.4. The summed E-state index contributed by atoms with van der Waals surface area (Å²) in [5, 5.41) is 0.490. The highest BCUT2D eigenvalue weighted by atomic mass is 79.9. The van der Waals surface area contributed by atoms with Crippen molar-refractivity contribution in [3.63, 3.8) is 0 Å². The van der Waals surface area contributed by atoms with E-state index in [-0.39, 0.29) is 18.0 Å². The number of amides is 1. The van der Waals surface area contributed by atoms with Gasteiger partial charge in [-0.3, -0.25) is 25.0 Å². The molecule has 6 nitrogen and oxygen atoms in total. The Kier molecular flexibility index (Phi) is 4.38. The van der Waals surface area contributed by atoms with Gasteiger partial charge in [-0.2, -0.15) is 0 Å². The van der Waals surface area contributed by atoms with Crippen molar-refractivity contribution in [3.05, 3.63) is 69.7 Å². The molecule has 2 N–H and O–H groups in total. The standard InChI is InChI=1S/C16H13BrN4O2/c17-11-5-7-12(8-6-11)19-20-15(22)9-21-10-18-14-4-2-1-3-13(14)16(21)23/h1-8,10,19H,9H2,(H,20,22). The highest BCUT2D eigenvalue weighted by molar-refractivity contribution is 9.10. The minimum Gasteiger partial charge on any atom is -0.299 e. The Hall–Kier alpha value is -2.67. The van der Waals surface area contributed by atoms with E-state index >= 15 is 0 Å². The highest BCUT2D eigenvalue weighted by Crippen LogP contribution is 2.13. The van der Waals surface area contributed by atoms with E-state index in [2.05, 4.69) is 31.8 Å². The molecule has 1 heterocycles. The number of fused-ring (bicyclic) bond motifs is 1. The molecule has 0 saturated carbocycles. The first-order chi connectivity index (χ1) is 11.1. The number of nitrogens with zero attached hydrogens (tertiary/aromatic N) is 2. The summed E-state index contributed by atoms with van der Waals surface area (Å²) in [6, 6.07) is 14.4. The Balaban J connectivity index is 1.69. The third kappa shape index (κ3) is 3.57. The topological polar surface area (TPSA) is 76.0 Å². The van der Waals surface area contributed by atoms with Gasteiger partial charge in [0.25, 0.3) is 11.5 Å². The third-order valence-electron chi connectivity index (χ3n) is 3.24. The predicted molar refractivity (Wildman–Crippen MR) is 91.9 cm³/mol. The lowest BCUT2D eigenvalue weighted by atomic mass is 10.2. The molecule has 3 aromatic rings. The average molecular weight is 373 g/mol. The molecule has 0 fully saturated rings. The SMILES string of the molecule is O=C(Cn1cnc2ccccc2c1=O)NNc1ccc(Br)cc1. The van der Waals surface area contributed by atoms with E-state index in [0.717, 1.165) is 10.2 Å². The van der Waals surface area contributed by atoms with Gasteiger partial charge < -0.3 is 0 Å². The highest BCUT2D eigenvalue weighted by Gasteiger charge is 2.07. The van der Waals surface area contributed by atoms with Crippen molar-refractivity contribution in [1.29, 1.82) is 0 Å². The largest absolute Gasteiger partial charge is 0.299 e. The number of carbonyl (C=O) groups excluding carboxylic acids is 1. The first-order valence-corrected chi connectivity index (χ1v) is 7.67. The molecule has 0 aliphatic carbocycles. The summed E-state index contributed by atoms with van der Waals surface area (Å²) in [7, 11) is 0. The number of halogens is 1. The van der Waals surface area contributed by atoms with Crippen LogP contribution in [0.4, 0.5) is 5.69 Å². The second kappa shape index (κ2) is 6.62. The molecule has 0 aliphatic rings. The summed E-state index contributed by atoms with van der Waals surface area (Å²) in [6.07, 6.45) is 1.38. The molecule has 1 aromatic heterocycles. The number of rotatable bonds is 4. The van der Waals surface area contributed by atoms with Gasteiger partial charge in [0.2, 0.25) is 0 Å². The van der Waals surface area contributed by atoms with Gasteiger partial charge in [-0.1, -0.05) is 28.1 Å². The molecule has 0 radical (unpaired) electrons. The second-order valence-electron chi connectivity index (χ2n) is 4.87. The van der Waals surface area contributed by atoms with Gasteiger partial charge in [-0.05, 0) is 36.4 Å². The van der Waals surface area contributed by atoms with Crippen LogP contribution in [-0.4, -0.2) is 15.5 Å². The smallest absolute Gasteiger partial charge is 0.261 e. The maximum Gasteiger partial charge on any atom is 0.261 e. The molecule has 23 heavy (non-hydrogen) atoms. The molecule has 0 aliphatic heterocycles. The zero-order valence-corrected chi connectivity index (χ0v) is 13.6. The van der Waals surface area contributed by atoms with E-state index in [0.29, 0.717) is 10.9 Å². The lowest BCUT2D eigenvalue weighted by molar-refractivity contribution is -0.121. The summed E-state index contributed by atoms with van der Waals surface area (Å²) < 4.78 is 2.23. The van der Waals surface area contributed by atoms with E-state index in [1.165, 1.54) is 10.9 Å². The first kappa shape index (κ1) is 15.2. The Morgan fingerprint density at radius 3 is 2.65 bits per heavy atom. The Morgan fingerprint density at radius 2 is 1.87 bits per heavy atom. The van der Waals surface area contributed by atoms with Crippen LogP contribution in [-0.2, 0) is 11.3 Å². The van der Waals surface area contributed by atoms with Crippen LogP contribution in [0.1, 0.15) is 0 Å². The van der Waals surface area contributed by atoms with Crippen LogP contribution >= 0.6 is 15.9 Å². The molecule has 0 spiro atoms. The number of hydrogen-bond acceptors (Lipinski definition) is 4. The van der Waals surface area contributed by atoms with E-state index in [1.807, 2.05) is 30.3 Å². The molecular weight excluding hydrogens is 360 g/mol. The summed E-state index contributed by atoms with van der Waals surface area (Å²) in [6.45, 7) is -0.111. The van der Waals surface area contributed by atoms with Crippen molar-refractivity contribution in [1.82, 2.24) is 15.0 Å². The van der Waals surface area contributed by atoms with Crippen LogP contribution in [0, 0.1) is 0 Å². The van der Waals surface area contributed by atoms with E-state index < -0.39 is 0 Å². The molecule has 1 amide bonds. The van der Waals surface area contributed by atoms with Gasteiger partial charge in [0, 0.05) is 4.47 Å². The van der Waals surface area contributed by atoms with Crippen LogP contribution in [0.5, 0.6) is 0 Å². The van der Waals surface area contributed by atoms with Crippen molar-refractivity contribution < 1.29 is 4.79 Å². The zero-order chi connectivity index (χ0) is 16.2. The monoisotopic (exact) mass is 372 g/mol. The maximum atomic E-state index is 12.3. The number of nitrogens with one attached hydrogen (secondary N) is 2. The van der Waals surface area contributed by atoms with Crippen molar-refractivity contribution in [2.75, 3.05) is 5.43 Å². The number of aromatic nitrogens is 2. The van der Waals surface area contributed by atoms with Crippen LogP contribution in [0.25, 0.3) is 10.9 Å². The van der Waals surface area contributed by atoms with Gasteiger partial charge >= 0.3 is 0 Å². The van der Waals surface area contributed by atoms with Crippen LogP contribution in [0.15, 0.2) is 64.1 Å². The molecule has 0 unspecified atom stereocenters. The fraction of sp³-hybridized carbons (Fsp3) is 0.0625.